The molecule has 0 atom stereocenters. The van der Waals surface area contributed by atoms with Gasteiger partial charge in [0.2, 0.25) is 0 Å². The van der Waals surface area contributed by atoms with Gasteiger partial charge in [-0.3, -0.25) is 0 Å². The highest BCUT2D eigenvalue weighted by Crippen LogP contribution is 2.36. The van der Waals surface area contributed by atoms with E-state index in [0.717, 1.165) is 37.6 Å². The molecular weight excluding hydrogens is 254 g/mol. The second-order valence-corrected chi connectivity index (χ2v) is 5.77. The van der Waals surface area contributed by atoms with Crippen LogP contribution in [0.5, 0.6) is 5.75 Å². The highest BCUT2D eigenvalue weighted by Gasteiger charge is 2.29. The quantitative estimate of drug-likeness (QED) is 0.818. The molecule has 1 aliphatic rings. The first kappa shape index (κ1) is 14.6. The molecule has 2 rings (SSSR count). The minimum Gasteiger partial charge on any atom is -0.491 e. The molecule has 0 spiro atoms. The van der Waals surface area contributed by atoms with Gasteiger partial charge in [0, 0.05) is 13.1 Å². The average molecular weight is 279 g/mol. The molecule has 0 saturated heterocycles. The molecule has 0 N–H and O–H groups in total. The van der Waals surface area contributed by atoms with Crippen LogP contribution in [0.2, 0.25) is 0 Å². The van der Waals surface area contributed by atoms with E-state index in [1.807, 2.05) is 6.07 Å². The normalized spacial score (nSPS) is 15.6. The smallest absolute Gasteiger partial charge is 0.142 e. The van der Waals surface area contributed by atoms with Crippen molar-refractivity contribution in [1.82, 2.24) is 0 Å². The maximum Gasteiger partial charge on any atom is 0.142 e. The number of fused-ring (bicyclic) bond motifs is 1. The second kappa shape index (κ2) is 6.56. The molecule has 0 aliphatic carbocycles. The number of hydrogen-bond donors (Lipinski definition) is 1. The van der Waals surface area contributed by atoms with E-state index in [1.165, 1.54) is 18.5 Å². The lowest BCUT2D eigenvalue weighted by Crippen LogP contribution is -2.39. The van der Waals surface area contributed by atoms with Crippen molar-refractivity contribution in [3.05, 3.63) is 24.3 Å². The molecule has 106 valence electrons. The lowest BCUT2D eigenvalue weighted by Gasteiger charge is -2.37. The molecule has 1 aromatic rings. The highest BCUT2D eigenvalue weighted by atomic mass is 32.1. The van der Waals surface area contributed by atoms with E-state index in [2.05, 4.69) is 49.6 Å². The molecule has 1 aromatic carbocycles. The third kappa shape index (κ3) is 3.19. The van der Waals surface area contributed by atoms with Gasteiger partial charge in [-0.1, -0.05) is 26.0 Å². The first-order chi connectivity index (χ1) is 9.24. The maximum atomic E-state index is 5.83. The summed E-state index contributed by atoms with van der Waals surface area (Å²) in [6.07, 6.45) is 3.43. The van der Waals surface area contributed by atoms with Gasteiger partial charge in [0.05, 0.1) is 12.3 Å². The zero-order chi connectivity index (χ0) is 13.7. The number of nitrogens with zero attached hydrogens (tertiary/aromatic N) is 1. The largest absolute Gasteiger partial charge is 0.491 e. The summed E-state index contributed by atoms with van der Waals surface area (Å²) in [7, 11) is 0. The number of rotatable bonds is 5. The molecule has 0 unspecified atom stereocenters. The van der Waals surface area contributed by atoms with Crippen LogP contribution in [-0.4, -0.2) is 25.4 Å². The molecule has 19 heavy (non-hydrogen) atoms. The third-order valence-corrected chi connectivity index (χ3v) is 5.07. The minimum absolute atomic E-state index is 0.306. The Morgan fingerprint density at radius 2 is 2.00 bits per heavy atom. The van der Waals surface area contributed by atoms with Crippen LogP contribution in [0.1, 0.15) is 33.1 Å². The van der Waals surface area contributed by atoms with Crippen LogP contribution in [0.3, 0.4) is 0 Å². The van der Waals surface area contributed by atoms with E-state index < -0.39 is 0 Å². The summed E-state index contributed by atoms with van der Waals surface area (Å²) in [4.78, 5) is 2.49. The number of hydrogen-bond acceptors (Lipinski definition) is 3. The highest BCUT2D eigenvalue weighted by molar-refractivity contribution is 7.80. The molecule has 0 aromatic heterocycles. The summed E-state index contributed by atoms with van der Waals surface area (Å²) in [5.74, 6) is 1.97. The van der Waals surface area contributed by atoms with Crippen LogP contribution in [-0.2, 0) is 0 Å². The Bertz CT molecular complexity index is 395. The average Bonchev–Trinajstić information content (AvgIpc) is 2.67. The summed E-state index contributed by atoms with van der Waals surface area (Å²) in [5, 5.41) is 0. The number of para-hydroxylation sites is 2. The Labute approximate surface area is 122 Å². The second-order valence-electron chi connectivity index (χ2n) is 5.46. The summed E-state index contributed by atoms with van der Waals surface area (Å²) >= 11 is 4.60. The van der Waals surface area contributed by atoms with Gasteiger partial charge in [-0.25, -0.2) is 0 Å². The molecule has 0 bridgehead atoms. The zero-order valence-corrected chi connectivity index (χ0v) is 13.0. The van der Waals surface area contributed by atoms with Crippen molar-refractivity contribution in [2.75, 3.05) is 30.3 Å². The molecular formula is C16H25NOS. The van der Waals surface area contributed by atoms with Crippen molar-refractivity contribution in [2.45, 2.75) is 33.1 Å². The number of benzene rings is 1. The fourth-order valence-electron chi connectivity index (χ4n) is 2.71. The van der Waals surface area contributed by atoms with E-state index in [4.69, 9.17) is 4.74 Å². The van der Waals surface area contributed by atoms with Crippen LogP contribution < -0.4 is 9.64 Å². The number of anilines is 1. The van der Waals surface area contributed by atoms with E-state index in [9.17, 15) is 0 Å². The van der Waals surface area contributed by atoms with E-state index in [0.29, 0.717) is 5.41 Å². The fourth-order valence-corrected chi connectivity index (χ4v) is 3.26. The van der Waals surface area contributed by atoms with E-state index >= 15 is 0 Å². The fraction of sp³-hybridized carbons (Fsp3) is 0.625. The van der Waals surface area contributed by atoms with E-state index in [-0.39, 0.29) is 0 Å². The van der Waals surface area contributed by atoms with Crippen molar-refractivity contribution >= 4 is 18.3 Å². The third-order valence-electron chi connectivity index (χ3n) is 4.40. The van der Waals surface area contributed by atoms with Gasteiger partial charge in [0.25, 0.3) is 0 Å². The maximum absolute atomic E-state index is 5.83. The lowest BCUT2D eigenvalue weighted by molar-refractivity contribution is 0.306. The summed E-state index contributed by atoms with van der Waals surface area (Å²) < 4.78 is 5.83. The van der Waals surface area contributed by atoms with Gasteiger partial charge in [-0.2, -0.15) is 12.6 Å². The molecule has 0 amide bonds. The van der Waals surface area contributed by atoms with E-state index in [1.54, 1.807) is 0 Å². The molecule has 1 aliphatic heterocycles. The molecule has 3 heteroatoms. The van der Waals surface area contributed by atoms with Crippen molar-refractivity contribution in [2.24, 2.45) is 5.41 Å². The first-order valence-electron chi connectivity index (χ1n) is 7.32. The van der Waals surface area contributed by atoms with Crippen molar-refractivity contribution in [3.8, 4) is 5.75 Å². The Morgan fingerprint density at radius 3 is 2.68 bits per heavy atom. The van der Waals surface area contributed by atoms with Crippen molar-refractivity contribution in [1.29, 1.82) is 0 Å². The van der Waals surface area contributed by atoms with Gasteiger partial charge >= 0.3 is 0 Å². The monoisotopic (exact) mass is 279 g/mol. The first-order valence-corrected chi connectivity index (χ1v) is 7.95. The van der Waals surface area contributed by atoms with Crippen molar-refractivity contribution in [3.63, 3.8) is 0 Å². The summed E-state index contributed by atoms with van der Waals surface area (Å²) in [6.45, 7) is 7.52. The van der Waals surface area contributed by atoms with Gasteiger partial charge in [-0.05, 0) is 42.6 Å². The molecule has 0 saturated carbocycles. The SMILES string of the molecule is CCC(CC)(CS)CN1CCCOc2ccccc21. The predicted octanol–water partition coefficient (Wildman–Crippen LogP) is 4.01. The van der Waals surface area contributed by atoms with Crippen molar-refractivity contribution < 1.29 is 4.74 Å². The minimum atomic E-state index is 0.306. The standard InChI is InChI=1S/C16H25NOS/c1-3-16(4-2,13-19)12-17-10-7-11-18-15-9-6-5-8-14(15)17/h5-6,8-9,19H,3-4,7,10-13H2,1-2H3. The predicted molar refractivity (Wildman–Crippen MR) is 85.6 cm³/mol. The lowest BCUT2D eigenvalue weighted by atomic mass is 9.83. The molecule has 2 nitrogen and oxygen atoms in total. The topological polar surface area (TPSA) is 12.5 Å². The van der Waals surface area contributed by atoms with Gasteiger partial charge in [0.1, 0.15) is 5.75 Å². The van der Waals surface area contributed by atoms with Crippen LogP contribution in [0.4, 0.5) is 5.69 Å². The summed E-state index contributed by atoms with van der Waals surface area (Å²) in [5.41, 5.74) is 1.55. The Hall–Kier alpha value is -0.830. The Kier molecular flexibility index (Phi) is 5.03. The zero-order valence-electron chi connectivity index (χ0n) is 12.1. The number of ether oxygens (including phenoxy) is 1. The van der Waals surface area contributed by atoms with Crippen LogP contribution >= 0.6 is 12.6 Å². The van der Waals surface area contributed by atoms with Crippen LogP contribution in [0.15, 0.2) is 24.3 Å². The Balaban J connectivity index is 2.24. The van der Waals surface area contributed by atoms with Crippen LogP contribution in [0, 0.1) is 5.41 Å². The molecule has 0 fully saturated rings. The van der Waals surface area contributed by atoms with Gasteiger partial charge in [-0.15, -0.1) is 0 Å². The van der Waals surface area contributed by atoms with Gasteiger partial charge < -0.3 is 9.64 Å². The molecule has 1 heterocycles. The Morgan fingerprint density at radius 1 is 1.26 bits per heavy atom. The number of thiol groups is 1. The molecule has 0 radical (unpaired) electrons. The van der Waals surface area contributed by atoms with Crippen LogP contribution in [0.25, 0.3) is 0 Å². The summed E-state index contributed by atoms with van der Waals surface area (Å²) in [6, 6.07) is 8.40. The van der Waals surface area contributed by atoms with Gasteiger partial charge in [0.15, 0.2) is 0 Å².